The number of aromatic nitrogens is 2. The maximum Gasteiger partial charge on any atom is 0.323 e. The topological polar surface area (TPSA) is 71.7 Å². The molecule has 2 saturated heterocycles. The van der Waals surface area contributed by atoms with Gasteiger partial charge in [0.2, 0.25) is 5.89 Å². The van der Waals surface area contributed by atoms with Crippen LogP contribution in [-0.4, -0.2) is 64.7 Å². The zero-order valence-corrected chi connectivity index (χ0v) is 12.6. The smallest absolute Gasteiger partial charge is 0.323 e. The van der Waals surface area contributed by atoms with Crippen molar-refractivity contribution in [2.24, 2.45) is 0 Å². The Hall–Kier alpha value is -1.47. The Kier molecular flexibility index (Phi) is 4.21. The summed E-state index contributed by atoms with van der Waals surface area (Å²) in [6.45, 7) is 8.20. The molecule has 0 amide bonds. The summed E-state index contributed by atoms with van der Waals surface area (Å²) in [5.74, 6) is 1.37. The Bertz CT molecular complexity index is 496. The minimum atomic E-state index is -0.0685. The minimum absolute atomic E-state index is 0.0439. The number of hydrogen-bond acceptors (Lipinski definition) is 7. The molecule has 1 aromatic rings. The van der Waals surface area contributed by atoms with Crippen molar-refractivity contribution in [2.45, 2.75) is 38.8 Å². The monoisotopic (exact) mass is 294 g/mol. The van der Waals surface area contributed by atoms with Crippen molar-refractivity contribution in [3.8, 4) is 0 Å². The number of cyclic esters (lactones) is 1. The molecule has 0 N–H and O–H groups in total. The number of aryl methyl sites for hydroxylation is 1. The Morgan fingerprint density at radius 2 is 2.10 bits per heavy atom. The van der Waals surface area contributed by atoms with Crippen molar-refractivity contribution in [1.82, 2.24) is 19.9 Å². The lowest BCUT2D eigenvalue weighted by Gasteiger charge is -2.38. The highest BCUT2D eigenvalue weighted by Crippen LogP contribution is 2.22. The number of esters is 1. The average Bonchev–Trinajstić information content (AvgIpc) is 3.15. The Balaban J connectivity index is 1.56. The third-order valence-corrected chi connectivity index (χ3v) is 4.40. The molecular weight excluding hydrogens is 272 g/mol. The maximum absolute atomic E-state index is 11.6. The highest BCUT2D eigenvalue weighted by Gasteiger charge is 2.35. The molecule has 7 heteroatoms. The molecule has 2 aliphatic heterocycles. The van der Waals surface area contributed by atoms with Gasteiger partial charge in [0, 0.05) is 39.0 Å². The van der Waals surface area contributed by atoms with Crippen molar-refractivity contribution in [2.75, 3.05) is 32.8 Å². The van der Waals surface area contributed by atoms with Crippen LogP contribution in [-0.2, 0) is 16.0 Å². The van der Waals surface area contributed by atoms with Crippen LogP contribution in [0, 0.1) is 0 Å². The zero-order valence-electron chi connectivity index (χ0n) is 12.6. The Labute approximate surface area is 124 Å². The quantitative estimate of drug-likeness (QED) is 0.754. The number of carbonyl (C=O) groups excluding carboxylic acids is 1. The van der Waals surface area contributed by atoms with E-state index in [1.807, 2.05) is 6.92 Å². The van der Waals surface area contributed by atoms with Crippen LogP contribution in [0.3, 0.4) is 0 Å². The molecule has 0 aromatic carbocycles. The maximum atomic E-state index is 11.6. The Morgan fingerprint density at radius 1 is 1.33 bits per heavy atom. The van der Waals surface area contributed by atoms with Gasteiger partial charge in [-0.25, -0.2) is 0 Å². The lowest BCUT2D eigenvalue weighted by Crippen LogP contribution is -2.52. The van der Waals surface area contributed by atoms with E-state index in [4.69, 9.17) is 9.26 Å². The fourth-order valence-corrected chi connectivity index (χ4v) is 2.99. The molecule has 7 nitrogen and oxygen atoms in total. The molecule has 21 heavy (non-hydrogen) atoms. The predicted octanol–water partition coefficient (Wildman–Crippen LogP) is 0.626. The summed E-state index contributed by atoms with van der Waals surface area (Å²) < 4.78 is 10.4. The van der Waals surface area contributed by atoms with E-state index < -0.39 is 0 Å². The lowest BCUT2D eigenvalue weighted by atomic mass is 10.1. The van der Waals surface area contributed by atoms with Crippen LogP contribution in [0.1, 0.15) is 38.0 Å². The molecule has 2 fully saturated rings. The average molecular weight is 294 g/mol. The van der Waals surface area contributed by atoms with E-state index in [9.17, 15) is 4.79 Å². The van der Waals surface area contributed by atoms with Gasteiger partial charge in [-0.15, -0.1) is 0 Å². The van der Waals surface area contributed by atoms with Crippen molar-refractivity contribution < 1.29 is 14.1 Å². The van der Waals surface area contributed by atoms with Gasteiger partial charge in [-0.05, 0) is 6.92 Å². The van der Waals surface area contributed by atoms with Crippen LogP contribution in [0.2, 0.25) is 0 Å². The van der Waals surface area contributed by atoms with Crippen molar-refractivity contribution in [1.29, 1.82) is 0 Å². The molecule has 3 heterocycles. The molecule has 2 atom stereocenters. The number of carbonyl (C=O) groups is 1. The fraction of sp³-hybridized carbons (Fsp3) is 0.786. The van der Waals surface area contributed by atoms with E-state index in [-0.39, 0.29) is 18.1 Å². The molecule has 2 aliphatic rings. The summed E-state index contributed by atoms with van der Waals surface area (Å²) in [4.78, 5) is 20.6. The van der Waals surface area contributed by atoms with Crippen molar-refractivity contribution in [3.05, 3.63) is 11.7 Å². The van der Waals surface area contributed by atoms with E-state index in [0.29, 0.717) is 12.5 Å². The van der Waals surface area contributed by atoms with Crippen LogP contribution in [0.4, 0.5) is 0 Å². The molecule has 0 saturated carbocycles. The van der Waals surface area contributed by atoms with Gasteiger partial charge in [0.05, 0.1) is 12.6 Å². The molecule has 0 aliphatic carbocycles. The van der Waals surface area contributed by atoms with Gasteiger partial charge in [0.1, 0.15) is 6.04 Å². The number of ether oxygens (including phenoxy) is 1. The zero-order chi connectivity index (χ0) is 14.8. The van der Waals surface area contributed by atoms with Crippen LogP contribution in [0.25, 0.3) is 0 Å². The predicted molar refractivity (Wildman–Crippen MR) is 74.6 cm³/mol. The van der Waals surface area contributed by atoms with Gasteiger partial charge < -0.3 is 9.26 Å². The number of rotatable bonds is 4. The van der Waals surface area contributed by atoms with Crippen LogP contribution >= 0.6 is 0 Å². The number of nitrogens with zero attached hydrogens (tertiary/aromatic N) is 4. The van der Waals surface area contributed by atoms with Gasteiger partial charge in [0.15, 0.2) is 5.82 Å². The minimum Gasteiger partial charge on any atom is -0.464 e. The van der Waals surface area contributed by atoms with E-state index in [0.717, 1.165) is 44.8 Å². The van der Waals surface area contributed by atoms with E-state index >= 15 is 0 Å². The summed E-state index contributed by atoms with van der Waals surface area (Å²) in [6.07, 6.45) is 1.60. The second kappa shape index (κ2) is 6.11. The summed E-state index contributed by atoms with van der Waals surface area (Å²) >= 11 is 0. The van der Waals surface area contributed by atoms with Gasteiger partial charge >= 0.3 is 5.97 Å². The number of hydrogen-bond donors (Lipinski definition) is 0. The third kappa shape index (κ3) is 2.94. The first-order chi connectivity index (χ1) is 10.2. The molecule has 116 valence electrons. The summed E-state index contributed by atoms with van der Waals surface area (Å²) in [5, 5.41) is 3.95. The third-order valence-electron chi connectivity index (χ3n) is 4.40. The van der Waals surface area contributed by atoms with Crippen LogP contribution in [0.5, 0.6) is 0 Å². The Morgan fingerprint density at radius 3 is 2.67 bits per heavy atom. The highest BCUT2D eigenvalue weighted by molar-refractivity contribution is 5.77. The van der Waals surface area contributed by atoms with Crippen molar-refractivity contribution >= 4 is 5.97 Å². The van der Waals surface area contributed by atoms with E-state index in [2.05, 4.69) is 26.9 Å². The molecule has 1 aromatic heterocycles. The lowest BCUT2D eigenvalue weighted by molar-refractivity contribution is -0.143. The molecule has 3 rings (SSSR count). The molecule has 0 radical (unpaired) electrons. The standard InChI is InChI=1S/C14H22N4O3/c1-3-12-15-13(21-16-12)10(2)17-5-7-18(8-6-17)11-4-9-20-14(11)19/h10-11H,3-9H2,1-2H3/t10-,11+/m1/s1. The van der Waals surface area contributed by atoms with Gasteiger partial charge in [-0.3, -0.25) is 14.6 Å². The normalized spacial score (nSPS) is 26.0. The van der Waals surface area contributed by atoms with Crippen molar-refractivity contribution in [3.63, 3.8) is 0 Å². The second-order valence-electron chi connectivity index (χ2n) is 5.62. The fourth-order valence-electron chi connectivity index (χ4n) is 2.99. The second-order valence-corrected chi connectivity index (χ2v) is 5.62. The van der Waals surface area contributed by atoms with E-state index in [1.54, 1.807) is 0 Å². The first-order valence-corrected chi connectivity index (χ1v) is 7.66. The summed E-state index contributed by atoms with van der Waals surface area (Å²) in [5.41, 5.74) is 0. The largest absolute Gasteiger partial charge is 0.464 e. The molecule has 0 spiro atoms. The number of piperazine rings is 1. The molecular formula is C14H22N4O3. The van der Waals surface area contributed by atoms with Gasteiger partial charge in [-0.1, -0.05) is 12.1 Å². The van der Waals surface area contributed by atoms with Crippen LogP contribution < -0.4 is 0 Å². The highest BCUT2D eigenvalue weighted by atomic mass is 16.5. The van der Waals surface area contributed by atoms with Gasteiger partial charge in [-0.2, -0.15) is 4.98 Å². The SMILES string of the molecule is CCc1noc([C@@H](C)N2CCN([C@H]3CCOC3=O)CC2)n1. The van der Waals surface area contributed by atoms with Crippen LogP contribution in [0.15, 0.2) is 4.52 Å². The summed E-state index contributed by atoms with van der Waals surface area (Å²) in [7, 11) is 0. The molecule has 0 unspecified atom stereocenters. The van der Waals surface area contributed by atoms with E-state index in [1.165, 1.54) is 0 Å². The van der Waals surface area contributed by atoms with Gasteiger partial charge in [0.25, 0.3) is 0 Å². The first-order valence-electron chi connectivity index (χ1n) is 7.66. The molecule has 0 bridgehead atoms. The first kappa shape index (κ1) is 14.5. The summed E-state index contributed by atoms with van der Waals surface area (Å²) in [6, 6.07) is 0.0769.